The lowest BCUT2D eigenvalue weighted by Gasteiger charge is -2.19. The molecule has 0 bridgehead atoms. The van der Waals surface area contributed by atoms with E-state index < -0.39 is 23.2 Å². The lowest BCUT2D eigenvalue weighted by molar-refractivity contribution is -0.153. The van der Waals surface area contributed by atoms with Crippen LogP contribution in [0.1, 0.15) is 26.3 Å². The van der Waals surface area contributed by atoms with Crippen LogP contribution in [0.3, 0.4) is 0 Å². The van der Waals surface area contributed by atoms with Crippen LogP contribution in [0.5, 0.6) is 0 Å². The van der Waals surface area contributed by atoms with Gasteiger partial charge in [-0.05, 0) is 26.8 Å². The first kappa shape index (κ1) is 12.6. The van der Waals surface area contributed by atoms with Gasteiger partial charge >= 0.3 is 5.97 Å². The van der Waals surface area contributed by atoms with Crippen LogP contribution in [0.4, 0.5) is 8.78 Å². The molecule has 0 saturated heterocycles. The zero-order valence-corrected chi connectivity index (χ0v) is 9.51. The second-order valence-electron chi connectivity index (χ2n) is 4.48. The van der Waals surface area contributed by atoms with Gasteiger partial charge < -0.3 is 4.74 Å². The molecule has 1 rings (SSSR count). The van der Waals surface area contributed by atoms with Crippen LogP contribution in [0.25, 0.3) is 0 Å². The molecule has 2 nitrogen and oxygen atoms in total. The summed E-state index contributed by atoms with van der Waals surface area (Å²) in [5, 5.41) is 0. The fourth-order valence-electron chi connectivity index (χ4n) is 1.22. The number of benzene rings is 1. The Kier molecular flexibility index (Phi) is 3.62. The normalized spacial score (nSPS) is 11.3. The highest BCUT2D eigenvalue weighted by molar-refractivity contribution is 5.73. The van der Waals surface area contributed by atoms with Crippen LogP contribution in [0, 0.1) is 11.6 Å². The highest BCUT2D eigenvalue weighted by atomic mass is 19.2. The van der Waals surface area contributed by atoms with E-state index in [9.17, 15) is 13.6 Å². The number of rotatable bonds is 2. The van der Waals surface area contributed by atoms with Gasteiger partial charge in [-0.2, -0.15) is 0 Å². The average molecular weight is 228 g/mol. The Hall–Kier alpha value is -1.45. The quantitative estimate of drug-likeness (QED) is 0.727. The Balaban J connectivity index is 2.74. The maximum absolute atomic E-state index is 13.2. The first-order valence-corrected chi connectivity index (χ1v) is 4.94. The van der Waals surface area contributed by atoms with Crippen molar-refractivity contribution in [1.82, 2.24) is 0 Å². The first-order valence-electron chi connectivity index (χ1n) is 4.94. The number of halogens is 2. The van der Waals surface area contributed by atoms with Crippen molar-refractivity contribution in [3.8, 4) is 0 Å². The molecular weight excluding hydrogens is 214 g/mol. The largest absolute Gasteiger partial charge is 0.460 e. The van der Waals surface area contributed by atoms with Crippen LogP contribution in [0.15, 0.2) is 18.2 Å². The van der Waals surface area contributed by atoms with E-state index in [4.69, 9.17) is 4.74 Å². The molecule has 16 heavy (non-hydrogen) atoms. The molecule has 88 valence electrons. The van der Waals surface area contributed by atoms with Crippen molar-refractivity contribution in [1.29, 1.82) is 0 Å². The standard InChI is InChI=1S/C12H14F2O2/c1-12(2,3)16-10(15)7-8-5-4-6-9(13)11(8)14/h4-6H,7H2,1-3H3. The summed E-state index contributed by atoms with van der Waals surface area (Å²) >= 11 is 0. The molecule has 0 spiro atoms. The zero-order valence-electron chi connectivity index (χ0n) is 9.51. The van der Waals surface area contributed by atoms with Gasteiger partial charge in [-0.15, -0.1) is 0 Å². The molecule has 0 atom stereocenters. The van der Waals surface area contributed by atoms with Crippen LogP contribution < -0.4 is 0 Å². The molecule has 0 amide bonds. The van der Waals surface area contributed by atoms with E-state index in [1.54, 1.807) is 20.8 Å². The SMILES string of the molecule is CC(C)(C)OC(=O)Cc1cccc(F)c1F. The number of carbonyl (C=O) groups is 1. The van der Waals surface area contributed by atoms with Gasteiger partial charge in [0.15, 0.2) is 11.6 Å². The average Bonchev–Trinajstić information content (AvgIpc) is 2.09. The lowest BCUT2D eigenvalue weighted by Crippen LogP contribution is -2.25. The molecule has 4 heteroatoms. The Bertz CT molecular complexity index is 394. The molecule has 1 aromatic rings. The van der Waals surface area contributed by atoms with Gasteiger partial charge in [0.05, 0.1) is 6.42 Å². The van der Waals surface area contributed by atoms with E-state index in [2.05, 4.69) is 0 Å². The van der Waals surface area contributed by atoms with Crippen molar-refractivity contribution in [3.63, 3.8) is 0 Å². The third-order valence-electron chi connectivity index (χ3n) is 1.79. The summed E-state index contributed by atoms with van der Waals surface area (Å²) in [6, 6.07) is 3.73. The second-order valence-corrected chi connectivity index (χ2v) is 4.48. The van der Waals surface area contributed by atoms with Gasteiger partial charge in [0.25, 0.3) is 0 Å². The summed E-state index contributed by atoms with van der Waals surface area (Å²) in [6.45, 7) is 5.15. The fourth-order valence-corrected chi connectivity index (χ4v) is 1.22. The summed E-state index contributed by atoms with van der Waals surface area (Å²) in [7, 11) is 0. The molecule has 0 aliphatic heterocycles. The topological polar surface area (TPSA) is 26.3 Å². The summed E-state index contributed by atoms with van der Waals surface area (Å²) in [4.78, 5) is 11.4. The first-order chi connectivity index (χ1) is 7.29. The van der Waals surface area contributed by atoms with Gasteiger partial charge in [-0.3, -0.25) is 4.79 Å². The van der Waals surface area contributed by atoms with Gasteiger partial charge in [0.1, 0.15) is 5.60 Å². The van der Waals surface area contributed by atoms with Gasteiger partial charge in [0, 0.05) is 5.56 Å². The lowest BCUT2D eigenvalue weighted by atomic mass is 10.1. The van der Waals surface area contributed by atoms with Crippen molar-refractivity contribution < 1.29 is 18.3 Å². The van der Waals surface area contributed by atoms with E-state index in [1.807, 2.05) is 0 Å². The molecule has 0 aliphatic rings. The molecule has 0 aromatic heterocycles. The second kappa shape index (κ2) is 4.60. The number of esters is 1. The van der Waals surface area contributed by atoms with E-state index in [1.165, 1.54) is 12.1 Å². The summed E-state index contributed by atoms with van der Waals surface area (Å²) < 4.78 is 31.1. The van der Waals surface area contributed by atoms with Crippen molar-refractivity contribution in [3.05, 3.63) is 35.4 Å². The van der Waals surface area contributed by atoms with Crippen LogP contribution in [-0.2, 0) is 16.0 Å². The zero-order chi connectivity index (χ0) is 12.3. The number of carbonyl (C=O) groups excluding carboxylic acids is 1. The minimum Gasteiger partial charge on any atom is -0.460 e. The van der Waals surface area contributed by atoms with Gasteiger partial charge in [-0.25, -0.2) is 8.78 Å². The van der Waals surface area contributed by atoms with Crippen LogP contribution in [-0.4, -0.2) is 11.6 Å². The number of hydrogen-bond donors (Lipinski definition) is 0. The highest BCUT2D eigenvalue weighted by Crippen LogP contribution is 2.14. The molecule has 0 unspecified atom stereocenters. The van der Waals surface area contributed by atoms with Crippen molar-refractivity contribution in [2.75, 3.05) is 0 Å². The monoisotopic (exact) mass is 228 g/mol. The summed E-state index contributed by atoms with van der Waals surface area (Å²) in [5.41, 5.74) is -0.616. The third kappa shape index (κ3) is 3.61. The molecule has 0 fully saturated rings. The predicted molar refractivity (Wildman–Crippen MR) is 55.9 cm³/mol. The van der Waals surface area contributed by atoms with Crippen molar-refractivity contribution in [2.24, 2.45) is 0 Å². The van der Waals surface area contributed by atoms with Gasteiger partial charge in [-0.1, -0.05) is 12.1 Å². The Morgan fingerprint density at radius 1 is 1.31 bits per heavy atom. The fraction of sp³-hybridized carbons (Fsp3) is 0.417. The molecule has 0 heterocycles. The number of ether oxygens (including phenoxy) is 1. The smallest absolute Gasteiger partial charge is 0.310 e. The summed E-state index contributed by atoms with van der Waals surface area (Å²) in [6.07, 6.45) is -0.263. The number of hydrogen-bond acceptors (Lipinski definition) is 2. The maximum atomic E-state index is 13.2. The van der Waals surface area contributed by atoms with Crippen LogP contribution in [0.2, 0.25) is 0 Å². The Labute approximate surface area is 93.2 Å². The third-order valence-corrected chi connectivity index (χ3v) is 1.79. The van der Waals surface area contributed by atoms with E-state index >= 15 is 0 Å². The van der Waals surface area contributed by atoms with E-state index in [0.29, 0.717) is 0 Å². The Morgan fingerprint density at radius 3 is 2.50 bits per heavy atom. The predicted octanol–water partition coefficient (Wildman–Crippen LogP) is 2.85. The minimum atomic E-state index is -0.992. The maximum Gasteiger partial charge on any atom is 0.310 e. The summed E-state index contributed by atoms with van der Waals surface area (Å²) in [5.74, 6) is -2.52. The van der Waals surface area contributed by atoms with Crippen molar-refractivity contribution in [2.45, 2.75) is 32.8 Å². The molecule has 1 aromatic carbocycles. The molecule has 0 N–H and O–H groups in total. The molecule has 0 aliphatic carbocycles. The molecular formula is C12H14F2O2. The van der Waals surface area contributed by atoms with Crippen LogP contribution >= 0.6 is 0 Å². The minimum absolute atomic E-state index is 0.00856. The molecule has 0 saturated carbocycles. The Morgan fingerprint density at radius 2 is 1.94 bits per heavy atom. The van der Waals surface area contributed by atoms with Gasteiger partial charge in [0.2, 0.25) is 0 Å². The van der Waals surface area contributed by atoms with E-state index in [-0.39, 0.29) is 12.0 Å². The van der Waals surface area contributed by atoms with Crippen molar-refractivity contribution >= 4 is 5.97 Å². The molecule has 0 radical (unpaired) electrons. The highest BCUT2D eigenvalue weighted by Gasteiger charge is 2.18. The van der Waals surface area contributed by atoms with E-state index in [0.717, 1.165) is 6.07 Å².